The van der Waals surface area contributed by atoms with Crippen LogP contribution in [-0.4, -0.2) is 56.7 Å². The number of rotatable bonds is 5. The zero-order valence-electron chi connectivity index (χ0n) is 14.1. The van der Waals surface area contributed by atoms with E-state index in [2.05, 4.69) is 20.1 Å². The zero-order chi connectivity index (χ0) is 17.3. The van der Waals surface area contributed by atoms with Gasteiger partial charge >= 0.3 is 0 Å². The molecule has 130 valence electrons. The summed E-state index contributed by atoms with van der Waals surface area (Å²) in [6.07, 6.45) is 3.37. The van der Waals surface area contributed by atoms with Gasteiger partial charge in [-0.3, -0.25) is 0 Å². The lowest BCUT2D eigenvalue weighted by Gasteiger charge is -2.11. The average Bonchev–Trinajstić information content (AvgIpc) is 3.07. The molecule has 3 heterocycles. The number of thioether (sulfide) groups is 1. The number of sulfone groups is 1. The van der Waals surface area contributed by atoms with E-state index < -0.39 is 9.84 Å². The fourth-order valence-electron chi connectivity index (χ4n) is 2.90. The van der Waals surface area contributed by atoms with Crippen LogP contribution in [0.1, 0.15) is 29.8 Å². The Kier molecular flexibility index (Phi) is 4.91. The van der Waals surface area contributed by atoms with Crippen molar-refractivity contribution in [3.63, 3.8) is 0 Å². The molecule has 0 spiro atoms. The zero-order valence-corrected chi connectivity index (χ0v) is 15.7. The number of aryl methyl sites for hydroxylation is 3. The summed E-state index contributed by atoms with van der Waals surface area (Å²) < 4.78 is 25.5. The third kappa shape index (κ3) is 3.77. The van der Waals surface area contributed by atoms with E-state index in [9.17, 15) is 8.42 Å². The van der Waals surface area contributed by atoms with Gasteiger partial charge in [0, 0.05) is 17.9 Å². The molecule has 0 N–H and O–H groups in total. The van der Waals surface area contributed by atoms with Crippen molar-refractivity contribution in [2.45, 2.75) is 32.7 Å². The van der Waals surface area contributed by atoms with Gasteiger partial charge in [-0.05, 0) is 32.6 Å². The van der Waals surface area contributed by atoms with Gasteiger partial charge in [-0.1, -0.05) is 0 Å². The van der Waals surface area contributed by atoms with Crippen LogP contribution in [0.4, 0.5) is 0 Å². The summed E-state index contributed by atoms with van der Waals surface area (Å²) in [5.74, 6) is 3.30. The molecular weight excluding hydrogens is 346 g/mol. The van der Waals surface area contributed by atoms with Crippen LogP contribution >= 0.6 is 11.8 Å². The topological polar surface area (TPSA) is 90.6 Å². The highest BCUT2D eigenvalue weighted by Crippen LogP contribution is 2.28. The van der Waals surface area contributed by atoms with Crippen molar-refractivity contribution in [1.29, 1.82) is 0 Å². The predicted octanol–water partition coefficient (Wildman–Crippen LogP) is 1.62. The predicted molar refractivity (Wildman–Crippen MR) is 94.9 cm³/mol. The highest BCUT2D eigenvalue weighted by molar-refractivity contribution is 7.98. The summed E-state index contributed by atoms with van der Waals surface area (Å²) >= 11 is 1.73. The van der Waals surface area contributed by atoms with Crippen molar-refractivity contribution < 1.29 is 8.42 Å². The van der Waals surface area contributed by atoms with Crippen LogP contribution in [-0.2, 0) is 16.3 Å². The number of aromatic nitrogens is 5. The minimum Gasteiger partial charge on any atom is -0.240 e. The van der Waals surface area contributed by atoms with Crippen molar-refractivity contribution in [3.05, 3.63) is 23.4 Å². The number of hydrogen-bond acceptors (Lipinski definition) is 7. The molecule has 24 heavy (non-hydrogen) atoms. The molecular formula is C15H21N5O2S2. The molecule has 0 amide bonds. The maximum Gasteiger partial charge on any atom is 0.177 e. The van der Waals surface area contributed by atoms with Gasteiger partial charge in [0.05, 0.1) is 17.5 Å². The summed E-state index contributed by atoms with van der Waals surface area (Å²) in [6, 6.07) is 1.70. The molecule has 0 aromatic carbocycles. The van der Waals surface area contributed by atoms with Crippen LogP contribution in [0.15, 0.2) is 6.07 Å². The van der Waals surface area contributed by atoms with Crippen molar-refractivity contribution in [1.82, 2.24) is 24.7 Å². The first-order valence-electron chi connectivity index (χ1n) is 7.85. The summed E-state index contributed by atoms with van der Waals surface area (Å²) in [7, 11) is -2.99. The van der Waals surface area contributed by atoms with E-state index in [1.807, 2.05) is 26.2 Å². The Hall–Kier alpha value is -1.48. The van der Waals surface area contributed by atoms with Crippen LogP contribution in [0.5, 0.6) is 0 Å². The molecule has 0 radical (unpaired) electrons. The molecule has 1 saturated heterocycles. The van der Waals surface area contributed by atoms with Gasteiger partial charge in [-0.15, -0.1) is 0 Å². The Balaban J connectivity index is 2.04. The van der Waals surface area contributed by atoms with E-state index in [1.54, 1.807) is 16.4 Å². The van der Waals surface area contributed by atoms with Crippen LogP contribution in [0.25, 0.3) is 11.5 Å². The Bertz CT molecular complexity index is 827. The van der Waals surface area contributed by atoms with E-state index in [0.717, 1.165) is 23.7 Å². The molecule has 1 atom stereocenters. The maximum absolute atomic E-state index is 11.9. The molecule has 0 saturated carbocycles. The van der Waals surface area contributed by atoms with Crippen molar-refractivity contribution in [2.24, 2.45) is 0 Å². The van der Waals surface area contributed by atoms with Crippen molar-refractivity contribution >= 4 is 21.6 Å². The van der Waals surface area contributed by atoms with Gasteiger partial charge in [0.1, 0.15) is 11.5 Å². The maximum atomic E-state index is 11.9. The minimum atomic E-state index is -2.99. The smallest absolute Gasteiger partial charge is 0.177 e. The fourth-order valence-corrected chi connectivity index (χ4v) is 4.97. The standard InChI is InChI=1S/C15H21N5O2S2/c1-10-8-13(17-11(2)16-10)15-18-14(4-6-23-3)19-20(15)12-5-7-24(21,22)9-12/h8,12H,4-7,9H2,1-3H3/t12-/m0/s1. The molecule has 1 aliphatic rings. The molecule has 0 aliphatic carbocycles. The molecule has 7 nitrogen and oxygen atoms in total. The summed E-state index contributed by atoms with van der Waals surface area (Å²) in [5, 5.41) is 4.60. The van der Waals surface area contributed by atoms with E-state index in [4.69, 9.17) is 0 Å². The third-order valence-electron chi connectivity index (χ3n) is 3.95. The first kappa shape index (κ1) is 17.3. The second-order valence-corrected chi connectivity index (χ2v) is 9.25. The van der Waals surface area contributed by atoms with Crippen LogP contribution in [0, 0.1) is 13.8 Å². The van der Waals surface area contributed by atoms with Crippen molar-refractivity contribution in [2.75, 3.05) is 23.5 Å². The quantitative estimate of drug-likeness (QED) is 0.793. The summed E-state index contributed by atoms with van der Waals surface area (Å²) in [6.45, 7) is 3.75. The summed E-state index contributed by atoms with van der Waals surface area (Å²) in [4.78, 5) is 13.4. The molecule has 2 aromatic rings. The third-order valence-corrected chi connectivity index (χ3v) is 6.32. The van der Waals surface area contributed by atoms with Crippen LogP contribution in [0.3, 0.4) is 0 Å². The SMILES string of the molecule is CSCCc1nc(-c2cc(C)nc(C)n2)n([C@H]2CCS(=O)(=O)C2)n1. The largest absolute Gasteiger partial charge is 0.240 e. The molecule has 9 heteroatoms. The van der Waals surface area contributed by atoms with Gasteiger partial charge in [0.25, 0.3) is 0 Å². The lowest BCUT2D eigenvalue weighted by molar-refractivity contribution is 0.499. The Morgan fingerprint density at radius 2 is 2.08 bits per heavy atom. The first-order chi connectivity index (χ1) is 11.4. The van der Waals surface area contributed by atoms with Crippen LogP contribution < -0.4 is 0 Å². The molecule has 0 bridgehead atoms. The van der Waals surface area contributed by atoms with Crippen molar-refractivity contribution in [3.8, 4) is 11.5 Å². The molecule has 1 fully saturated rings. The van der Waals surface area contributed by atoms with Gasteiger partial charge in [0.2, 0.25) is 0 Å². The van der Waals surface area contributed by atoms with E-state index in [-0.39, 0.29) is 17.5 Å². The molecule has 0 unspecified atom stereocenters. The first-order valence-corrected chi connectivity index (χ1v) is 11.1. The Morgan fingerprint density at radius 1 is 1.29 bits per heavy atom. The summed E-state index contributed by atoms with van der Waals surface area (Å²) in [5.41, 5.74) is 1.56. The van der Waals surface area contributed by atoms with E-state index in [1.165, 1.54) is 0 Å². The lowest BCUT2D eigenvalue weighted by Crippen LogP contribution is -2.14. The fraction of sp³-hybridized carbons (Fsp3) is 0.600. The van der Waals surface area contributed by atoms with E-state index >= 15 is 0 Å². The monoisotopic (exact) mass is 367 g/mol. The van der Waals surface area contributed by atoms with Gasteiger partial charge < -0.3 is 0 Å². The number of nitrogens with zero attached hydrogens (tertiary/aromatic N) is 5. The average molecular weight is 368 g/mol. The lowest BCUT2D eigenvalue weighted by atomic mass is 10.2. The normalized spacial score (nSPS) is 19.7. The molecule has 3 rings (SSSR count). The minimum absolute atomic E-state index is 0.119. The highest BCUT2D eigenvalue weighted by atomic mass is 32.2. The highest BCUT2D eigenvalue weighted by Gasteiger charge is 2.32. The van der Waals surface area contributed by atoms with Gasteiger partial charge in [-0.25, -0.2) is 28.1 Å². The van der Waals surface area contributed by atoms with E-state index in [0.29, 0.717) is 23.8 Å². The molecule has 1 aliphatic heterocycles. The Morgan fingerprint density at radius 3 is 2.71 bits per heavy atom. The molecule has 2 aromatic heterocycles. The van der Waals surface area contributed by atoms with Crippen LogP contribution in [0.2, 0.25) is 0 Å². The van der Waals surface area contributed by atoms with Gasteiger partial charge in [0.15, 0.2) is 21.5 Å². The second kappa shape index (κ2) is 6.79. The second-order valence-electron chi connectivity index (χ2n) is 6.04. The number of hydrogen-bond donors (Lipinski definition) is 0. The van der Waals surface area contributed by atoms with Gasteiger partial charge in [-0.2, -0.15) is 16.9 Å². The Labute approximate surface area is 146 Å².